The fourth-order valence-corrected chi connectivity index (χ4v) is 5.53. The summed E-state index contributed by atoms with van der Waals surface area (Å²) in [5.74, 6) is 0. The molecule has 1 aromatic carbocycles. The molecule has 8 heteroatoms. The number of rotatable bonds is 6. The Bertz CT molecular complexity index is 1470. The molecule has 0 saturated carbocycles. The van der Waals surface area contributed by atoms with Crippen LogP contribution in [0.1, 0.15) is 17.8 Å². The van der Waals surface area contributed by atoms with Crippen molar-refractivity contribution in [2.24, 2.45) is 4.99 Å². The van der Waals surface area contributed by atoms with Gasteiger partial charge in [0.05, 0.1) is 30.8 Å². The van der Waals surface area contributed by atoms with Crippen molar-refractivity contribution >= 4 is 23.6 Å². The van der Waals surface area contributed by atoms with E-state index in [0.717, 1.165) is 92.6 Å². The van der Waals surface area contributed by atoms with Crippen molar-refractivity contribution in [1.29, 1.82) is 0 Å². The lowest BCUT2D eigenvalue weighted by Gasteiger charge is -2.31. The van der Waals surface area contributed by atoms with Gasteiger partial charge in [-0.2, -0.15) is 5.10 Å². The molecule has 4 heterocycles. The molecule has 0 atom stereocenters. The number of hydrogen-bond donors (Lipinski definition) is 1. The van der Waals surface area contributed by atoms with Gasteiger partial charge in [0.2, 0.25) is 0 Å². The van der Waals surface area contributed by atoms with Gasteiger partial charge in [0, 0.05) is 68.0 Å². The molecule has 3 aliphatic rings. The van der Waals surface area contributed by atoms with Gasteiger partial charge in [0.1, 0.15) is 0 Å². The van der Waals surface area contributed by atoms with Crippen LogP contribution in [0.25, 0.3) is 22.3 Å². The van der Waals surface area contributed by atoms with E-state index in [-0.39, 0.29) is 0 Å². The van der Waals surface area contributed by atoms with Gasteiger partial charge in [0.25, 0.3) is 0 Å². The highest BCUT2D eigenvalue weighted by Gasteiger charge is 2.18. The van der Waals surface area contributed by atoms with Crippen molar-refractivity contribution in [3.05, 3.63) is 89.7 Å². The number of ether oxygens (including phenoxy) is 1. The zero-order valence-electron chi connectivity index (χ0n) is 22.5. The number of aryl methyl sites for hydroxylation is 1. The van der Waals surface area contributed by atoms with Crippen molar-refractivity contribution < 1.29 is 4.74 Å². The number of anilines is 1. The molecule has 8 nitrogen and oxygen atoms in total. The smallest absolute Gasteiger partial charge is 0.154 e. The second-order valence-corrected chi connectivity index (χ2v) is 10.0. The number of aliphatic imine (C=N–C) groups is 1. The van der Waals surface area contributed by atoms with Crippen LogP contribution >= 0.6 is 0 Å². The molecule has 0 bridgehead atoms. The predicted molar refractivity (Wildman–Crippen MR) is 158 cm³/mol. The van der Waals surface area contributed by atoms with Gasteiger partial charge < -0.3 is 19.9 Å². The number of imidazole rings is 1. The molecular weight excluding hydrogens is 486 g/mol. The number of nitrogens with zero attached hydrogens (tertiary/aromatic N) is 6. The van der Waals surface area contributed by atoms with Crippen molar-refractivity contribution in [1.82, 2.24) is 24.8 Å². The summed E-state index contributed by atoms with van der Waals surface area (Å²) in [7, 11) is 0. The number of morpholine rings is 1. The minimum atomic E-state index is 0.780. The first-order valence-electron chi connectivity index (χ1n) is 13.7. The van der Waals surface area contributed by atoms with Crippen LogP contribution in [0.5, 0.6) is 0 Å². The van der Waals surface area contributed by atoms with Crippen LogP contribution in [-0.4, -0.2) is 78.7 Å². The van der Waals surface area contributed by atoms with Crippen LogP contribution in [0.4, 0.5) is 5.69 Å². The minimum Gasteiger partial charge on any atom is -0.378 e. The number of allylic oxidation sites excluding steroid dienone is 6. The molecule has 1 N–H and O–H groups in total. The molecule has 0 spiro atoms. The number of piperazine rings is 1. The molecular formula is C31H35N7O. The fraction of sp³-hybridized carbons (Fsp3) is 0.323. The molecule has 0 unspecified atom stereocenters. The summed E-state index contributed by atoms with van der Waals surface area (Å²) in [6.45, 7) is 13.3. The van der Waals surface area contributed by atoms with Gasteiger partial charge in [-0.05, 0) is 61.5 Å². The lowest BCUT2D eigenvalue weighted by atomic mass is 9.97. The van der Waals surface area contributed by atoms with Crippen molar-refractivity contribution in [3.8, 4) is 11.1 Å². The highest BCUT2D eigenvalue weighted by Crippen LogP contribution is 2.31. The lowest BCUT2D eigenvalue weighted by molar-refractivity contribution is 0.0552. The molecule has 2 aromatic heterocycles. The Morgan fingerprint density at radius 1 is 1.05 bits per heavy atom. The van der Waals surface area contributed by atoms with Gasteiger partial charge in [-0.25, -0.2) is 9.50 Å². The average molecular weight is 522 g/mol. The first-order valence-corrected chi connectivity index (χ1v) is 13.7. The molecule has 0 amide bonds. The first kappa shape index (κ1) is 25.3. The van der Waals surface area contributed by atoms with E-state index >= 15 is 0 Å². The molecule has 3 aromatic rings. The number of aromatic nitrogens is 3. The maximum atomic E-state index is 5.51. The number of nitrogens with one attached hydrogen (secondary N) is 1. The normalized spacial score (nSPS) is 19.6. The average Bonchev–Trinajstić information content (AvgIpc) is 3.40. The highest BCUT2D eigenvalue weighted by atomic mass is 16.5. The van der Waals surface area contributed by atoms with E-state index in [0.29, 0.717) is 0 Å². The van der Waals surface area contributed by atoms with E-state index in [9.17, 15) is 0 Å². The molecule has 2 aliphatic heterocycles. The lowest BCUT2D eigenvalue weighted by Crippen LogP contribution is -2.43. The van der Waals surface area contributed by atoms with Gasteiger partial charge in [-0.1, -0.05) is 24.3 Å². The summed E-state index contributed by atoms with van der Waals surface area (Å²) in [6, 6.07) is 10.9. The molecule has 1 aliphatic carbocycles. The predicted octanol–water partition coefficient (Wildman–Crippen LogP) is 4.26. The van der Waals surface area contributed by atoms with Gasteiger partial charge >= 0.3 is 0 Å². The van der Waals surface area contributed by atoms with Crippen LogP contribution < -0.4 is 10.2 Å². The van der Waals surface area contributed by atoms with E-state index in [1.807, 2.05) is 16.8 Å². The third-order valence-electron chi connectivity index (χ3n) is 7.67. The van der Waals surface area contributed by atoms with Crippen LogP contribution in [0.2, 0.25) is 0 Å². The fourth-order valence-electron chi connectivity index (χ4n) is 5.53. The van der Waals surface area contributed by atoms with Crippen LogP contribution in [0, 0.1) is 6.92 Å². The Hall–Kier alpha value is -4.01. The Morgan fingerprint density at radius 3 is 2.56 bits per heavy atom. The summed E-state index contributed by atoms with van der Waals surface area (Å²) in [5, 5.41) is 8.41. The third kappa shape index (κ3) is 5.30. The quantitative estimate of drug-likeness (QED) is 0.489. The zero-order chi connectivity index (χ0) is 26.6. The summed E-state index contributed by atoms with van der Waals surface area (Å²) in [5.41, 5.74) is 9.73. The summed E-state index contributed by atoms with van der Waals surface area (Å²) in [6.07, 6.45) is 13.2. The van der Waals surface area contributed by atoms with Gasteiger partial charge in [-0.3, -0.25) is 4.99 Å². The Balaban J connectivity index is 1.31. The summed E-state index contributed by atoms with van der Waals surface area (Å²) >= 11 is 0. The van der Waals surface area contributed by atoms with E-state index in [1.54, 1.807) is 6.20 Å². The van der Waals surface area contributed by atoms with Crippen LogP contribution in [0.15, 0.2) is 83.3 Å². The molecule has 200 valence electrons. The largest absolute Gasteiger partial charge is 0.378 e. The molecule has 39 heavy (non-hydrogen) atoms. The summed E-state index contributed by atoms with van der Waals surface area (Å²) < 4.78 is 7.46. The second kappa shape index (κ2) is 11.4. The number of hydrogen-bond acceptors (Lipinski definition) is 7. The van der Waals surface area contributed by atoms with Crippen molar-refractivity contribution in [2.75, 3.05) is 57.4 Å². The maximum absolute atomic E-state index is 5.51. The second-order valence-electron chi connectivity index (χ2n) is 10.0. The first-order chi connectivity index (χ1) is 19.2. The van der Waals surface area contributed by atoms with E-state index in [2.05, 4.69) is 82.3 Å². The van der Waals surface area contributed by atoms with Crippen LogP contribution in [0.3, 0.4) is 0 Å². The topological polar surface area (TPSA) is 70.3 Å². The minimum absolute atomic E-state index is 0.780. The summed E-state index contributed by atoms with van der Waals surface area (Å²) in [4.78, 5) is 13.5. The monoisotopic (exact) mass is 521 g/mol. The molecule has 2 fully saturated rings. The van der Waals surface area contributed by atoms with Gasteiger partial charge in [-0.15, -0.1) is 0 Å². The molecule has 0 radical (unpaired) electrons. The van der Waals surface area contributed by atoms with Crippen molar-refractivity contribution in [2.45, 2.75) is 13.3 Å². The Morgan fingerprint density at radius 2 is 1.85 bits per heavy atom. The highest BCUT2D eigenvalue weighted by molar-refractivity contribution is 5.79. The standard InChI is InChI=1S/C31H35N7O/c1-23-29(25-5-9-26(10-6-25)36-15-13-33-14-16-36)21-31-34-22-30(38(31)35-23)28(11-12-32-2)24-3-7-27(8-4-24)37-17-19-39-20-18-37/h3,5-12,21-22,33H,2,4,13-20H2,1H3/b12-11-,28-24+. The zero-order valence-corrected chi connectivity index (χ0v) is 22.5. The molecule has 6 rings (SSSR count). The van der Waals surface area contributed by atoms with E-state index in [1.165, 1.54) is 17.0 Å². The molecule has 2 saturated heterocycles. The van der Waals surface area contributed by atoms with Crippen LogP contribution in [-0.2, 0) is 4.74 Å². The Kier molecular flexibility index (Phi) is 7.38. The third-order valence-corrected chi connectivity index (χ3v) is 7.67. The number of benzene rings is 1. The maximum Gasteiger partial charge on any atom is 0.154 e. The van der Waals surface area contributed by atoms with Gasteiger partial charge in [0.15, 0.2) is 5.65 Å². The Labute approximate surface area is 229 Å². The SMILES string of the molecule is C=N/C=C\C(=C1\C=CC(N2CCOCC2)=CC1)c1cnc2cc(-c3ccc(N4CCNCC4)cc3)c(C)nn12. The van der Waals surface area contributed by atoms with E-state index < -0.39 is 0 Å². The van der Waals surface area contributed by atoms with E-state index in [4.69, 9.17) is 14.8 Å². The number of fused-ring (bicyclic) bond motifs is 1. The van der Waals surface area contributed by atoms with Crippen molar-refractivity contribution in [3.63, 3.8) is 0 Å².